The van der Waals surface area contributed by atoms with Crippen LogP contribution >= 0.6 is 0 Å². The molecule has 25 heavy (non-hydrogen) atoms. The van der Waals surface area contributed by atoms with Crippen LogP contribution in [-0.4, -0.2) is 16.8 Å². The molecule has 4 nitrogen and oxygen atoms in total. The topological polar surface area (TPSA) is 58.9 Å². The van der Waals surface area contributed by atoms with Crippen LogP contribution in [-0.2, 0) is 0 Å². The van der Waals surface area contributed by atoms with Crippen LogP contribution in [0.2, 0.25) is 0 Å². The quantitative estimate of drug-likeness (QED) is 0.832. The van der Waals surface area contributed by atoms with Crippen molar-refractivity contribution in [2.24, 2.45) is 11.8 Å². The summed E-state index contributed by atoms with van der Waals surface area (Å²) in [4.78, 5) is 0. The minimum Gasteiger partial charge on any atom is -0.508 e. The highest BCUT2D eigenvalue weighted by Crippen LogP contribution is 2.45. The highest BCUT2D eigenvalue weighted by atomic mass is 16.5. The number of rotatable bonds is 5. The Kier molecular flexibility index (Phi) is 5.19. The molecular weight excluding hydrogens is 316 g/mol. The summed E-state index contributed by atoms with van der Waals surface area (Å²) in [6, 6.07) is 12.7. The largest absolute Gasteiger partial charge is 0.508 e. The van der Waals surface area contributed by atoms with Gasteiger partial charge >= 0.3 is 0 Å². The molecule has 0 radical (unpaired) electrons. The molecule has 3 atom stereocenters. The lowest BCUT2D eigenvalue weighted by atomic mass is 9.86. The lowest BCUT2D eigenvalue weighted by Gasteiger charge is -2.35. The number of ether oxygens (including phenoxy) is 2. The van der Waals surface area contributed by atoms with E-state index in [9.17, 15) is 10.2 Å². The van der Waals surface area contributed by atoms with Crippen molar-refractivity contribution in [3.8, 4) is 17.2 Å². The highest BCUT2D eigenvalue weighted by molar-refractivity contribution is 5.44. The molecule has 4 heteroatoms. The van der Waals surface area contributed by atoms with E-state index in [2.05, 4.69) is 13.8 Å². The molecule has 1 aliphatic heterocycles. The predicted molar refractivity (Wildman–Crippen MR) is 97.0 cm³/mol. The third-order valence-corrected chi connectivity index (χ3v) is 4.71. The second-order valence-electron chi connectivity index (χ2n) is 7.16. The minimum absolute atomic E-state index is 0.123. The van der Waals surface area contributed by atoms with Crippen molar-refractivity contribution >= 4 is 0 Å². The number of phenols is 1. The van der Waals surface area contributed by atoms with Gasteiger partial charge in [0.25, 0.3) is 0 Å². The summed E-state index contributed by atoms with van der Waals surface area (Å²) in [5.41, 5.74) is 1.64. The SMILES string of the molecule is CC(C)CCOc1ccc(C2Oc3ccc(O)cc3C(O)C2C)cc1. The van der Waals surface area contributed by atoms with Crippen molar-refractivity contribution in [3.05, 3.63) is 53.6 Å². The highest BCUT2D eigenvalue weighted by Gasteiger charge is 2.35. The Labute approximate surface area is 149 Å². The van der Waals surface area contributed by atoms with Crippen molar-refractivity contribution in [3.63, 3.8) is 0 Å². The van der Waals surface area contributed by atoms with Gasteiger partial charge < -0.3 is 19.7 Å². The first-order chi connectivity index (χ1) is 12.0. The van der Waals surface area contributed by atoms with E-state index >= 15 is 0 Å². The lowest BCUT2D eigenvalue weighted by molar-refractivity contribution is 0.00742. The smallest absolute Gasteiger partial charge is 0.129 e. The molecule has 1 heterocycles. The molecule has 0 aromatic heterocycles. The van der Waals surface area contributed by atoms with E-state index in [1.54, 1.807) is 18.2 Å². The molecule has 0 fully saturated rings. The summed E-state index contributed by atoms with van der Waals surface area (Å²) < 4.78 is 11.9. The van der Waals surface area contributed by atoms with E-state index in [0.717, 1.165) is 17.7 Å². The monoisotopic (exact) mass is 342 g/mol. The van der Waals surface area contributed by atoms with Gasteiger partial charge in [0.05, 0.1) is 12.7 Å². The van der Waals surface area contributed by atoms with Gasteiger partial charge in [0.1, 0.15) is 23.4 Å². The van der Waals surface area contributed by atoms with Crippen LogP contribution in [0.3, 0.4) is 0 Å². The average molecular weight is 342 g/mol. The van der Waals surface area contributed by atoms with E-state index in [-0.39, 0.29) is 17.8 Å². The number of fused-ring (bicyclic) bond motifs is 1. The van der Waals surface area contributed by atoms with E-state index in [1.807, 2.05) is 31.2 Å². The normalized spacial score (nSPS) is 22.4. The molecule has 0 amide bonds. The van der Waals surface area contributed by atoms with E-state index in [0.29, 0.717) is 23.8 Å². The predicted octanol–water partition coefficient (Wildman–Crippen LogP) is 4.62. The Hall–Kier alpha value is -2.20. The number of benzene rings is 2. The zero-order chi connectivity index (χ0) is 18.0. The van der Waals surface area contributed by atoms with Crippen LogP contribution in [0, 0.1) is 11.8 Å². The number of aliphatic hydroxyl groups is 1. The number of hydrogen-bond acceptors (Lipinski definition) is 4. The van der Waals surface area contributed by atoms with Gasteiger partial charge in [0, 0.05) is 11.5 Å². The summed E-state index contributed by atoms with van der Waals surface area (Å²) in [6.07, 6.45) is 0.111. The maximum atomic E-state index is 10.6. The zero-order valence-electron chi connectivity index (χ0n) is 15.0. The van der Waals surface area contributed by atoms with Crippen LogP contribution in [0.1, 0.15) is 50.5 Å². The fourth-order valence-corrected chi connectivity index (χ4v) is 3.11. The number of aromatic hydroxyl groups is 1. The Morgan fingerprint density at radius 2 is 1.84 bits per heavy atom. The molecule has 0 bridgehead atoms. The summed E-state index contributed by atoms with van der Waals surface area (Å²) in [5, 5.41) is 20.2. The molecule has 134 valence electrons. The van der Waals surface area contributed by atoms with Crippen LogP contribution in [0.5, 0.6) is 17.2 Å². The van der Waals surface area contributed by atoms with E-state index in [1.165, 1.54) is 0 Å². The Morgan fingerprint density at radius 1 is 1.12 bits per heavy atom. The van der Waals surface area contributed by atoms with Gasteiger partial charge in [-0.05, 0) is 48.2 Å². The van der Waals surface area contributed by atoms with Crippen LogP contribution < -0.4 is 9.47 Å². The lowest BCUT2D eigenvalue weighted by Crippen LogP contribution is -2.27. The van der Waals surface area contributed by atoms with E-state index in [4.69, 9.17) is 9.47 Å². The van der Waals surface area contributed by atoms with Crippen molar-refractivity contribution in [2.75, 3.05) is 6.61 Å². The number of phenolic OH excluding ortho intramolecular Hbond substituents is 1. The molecule has 3 rings (SSSR count). The molecule has 0 saturated carbocycles. The molecule has 0 saturated heterocycles. The summed E-state index contributed by atoms with van der Waals surface area (Å²) >= 11 is 0. The molecule has 0 aliphatic carbocycles. The van der Waals surface area contributed by atoms with Gasteiger partial charge in [-0.2, -0.15) is 0 Å². The third kappa shape index (κ3) is 3.90. The van der Waals surface area contributed by atoms with E-state index < -0.39 is 6.10 Å². The standard InChI is InChI=1S/C21H26O4/c1-13(2)10-11-24-17-7-4-15(5-8-17)21-14(3)20(23)18-12-16(22)6-9-19(18)25-21/h4-9,12-14,20-23H,10-11H2,1-3H3. The van der Waals surface area contributed by atoms with Crippen molar-refractivity contribution in [1.29, 1.82) is 0 Å². The average Bonchev–Trinajstić information content (AvgIpc) is 2.59. The second kappa shape index (κ2) is 7.36. The molecule has 2 aromatic carbocycles. The fraction of sp³-hybridized carbons (Fsp3) is 0.429. The number of aliphatic hydroxyl groups excluding tert-OH is 1. The minimum atomic E-state index is -0.678. The van der Waals surface area contributed by atoms with Gasteiger partial charge in [-0.3, -0.25) is 0 Å². The summed E-state index contributed by atoms with van der Waals surface area (Å²) in [7, 11) is 0. The first-order valence-corrected chi connectivity index (χ1v) is 8.86. The van der Waals surface area contributed by atoms with Gasteiger partial charge in [-0.1, -0.05) is 32.9 Å². The van der Waals surface area contributed by atoms with Crippen LogP contribution in [0.25, 0.3) is 0 Å². The first kappa shape index (κ1) is 17.6. The fourth-order valence-electron chi connectivity index (χ4n) is 3.11. The van der Waals surface area contributed by atoms with Crippen molar-refractivity contribution < 1.29 is 19.7 Å². The zero-order valence-corrected chi connectivity index (χ0v) is 15.0. The Morgan fingerprint density at radius 3 is 2.52 bits per heavy atom. The molecule has 2 N–H and O–H groups in total. The van der Waals surface area contributed by atoms with Crippen molar-refractivity contribution in [1.82, 2.24) is 0 Å². The van der Waals surface area contributed by atoms with Gasteiger partial charge in [-0.15, -0.1) is 0 Å². The molecule has 0 spiro atoms. The number of hydrogen-bond donors (Lipinski definition) is 2. The van der Waals surface area contributed by atoms with Gasteiger partial charge in [-0.25, -0.2) is 0 Å². The Bertz CT molecular complexity index is 708. The summed E-state index contributed by atoms with van der Waals surface area (Å²) in [6.45, 7) is 7.02. The first-order valence-electron chi connectivity index (χ1n) is 8.86. The van der Waals surface area contributed by atoms with Gasteiger partial charge in [0.15, 0.2) is 0 Å². The maximum Gasteiger partial charge on any atom is 0.129 e. The molecule has 3 unspecified atom stereocenters. The molecule has 1 aliphatic rings. The van der Waals surface area contributed by atoms with Crippen molar-refractivity contribution in [2.45, 2.75) is 39.4 Å². The molecular formula is C21H26O4. The Balaban J connectivity index is 1.74. The second-order valence-corrected chi connectivity index (χ2v) is 7.16. The third-order valence-electron chi connectivity index (χ3n) is 4.71. The molecule has 2 aromatic rings. The van der Waals surface area contributed by atoms with Crippen LogP contribution in [0.4, 0.5) is 0 Å². The van der Waals surface area contributed by atoms with Gasteiger partial charge in [0.2, 0.25) is 0 Å². The maximum absolute atomic E-state index is 10.6. The summed E-state index contributed by atoms with van der Waals surface area (Å²) in [5.74, 6) is 2.10. The van der Waals surface area contributed by atoms with Crippen LogP contribution in [0.15, 0.2) is 42.5 Å².